The van der Waals surface area contributed by atoms with Crippen molar-refractivity contribution in [2.24, 2.45) is 11.7 Å². The summed E-state index contributed by atoms with van der Waals surface area (Å²) in [7, 11) is 0. The van der Waals surface area contributed by atoms with Crippen molar-refractivity contribution in [2.75, 3.05) is 13.2 Å². The first-order valence-corrected chi connectivity index (χ1v) is 11.6. The van der Waals surface area contributed by atoms with E-state index in [2.05, 4.69) is 37.3 Å². The molecular formula is C24H33NO2S. The Morgan fingerprint density at radius 2 is 2.04 bits per heavy atom. The molecule has 3 nitrogen and oxygen atoms in total. The molecule has 2 aliphatic rings. The molecule has 3 atom stereocenters. The Morgan fingerprint density at radius 3 is 2.79 bits per heavy atom. The lowest BCUT2D eigenvalue weighted by Crippen LogP contribution is -2.40. The van der Waals surface area contributed by atoms with Crippen molar-refractivity contribution in [1.82, 2.24) is 0 Å². The van der Waals surface area contributed by atoms with E-state index in [0.29, 0.717) is 11.8 Å². The number of benzene rings is 1. The van der Waals surface area contributed by atoms with Gasteiger partial charge in [0.1, 0.15) is 0 Å². The Kier molecular flexibility index (Phi) is 6.21. The highest BCUT2D eigenvalue weighted by Crippen LogP contribution is 2.40. The molecule has 1 fully saturated rings. The second-order valence-corrected chi connectivity index (χ2v) is 10.1. The third-order valence-corrected chi connectivity index (χ3v) is 7.86. The number of hydrogen-bond donors (Lipinski definition) is 2. The van der Waals surface area contributed by atoms with E-state index in [4.69, 9.17) is 10.5 Å². The first-order valence-electron chi connectivity index (χ1n) is 10.8. The molecule has 1 heterocycles. The van der Waals surface area contributed by atoms with Crippen LogP contribution in [0.15, 0.2) is 30.3 Å². The van der Waals surface area contributed by atoms with Crippen molar-refractivity contribution in [3.05, 3.63) is 56.8 Å². The first-order chi connectivity index (χ1) is 13.6. The SMILES string of the molecule is CCc1ccc(COCC2CCc3cc([C@H]4CC[C@](N)(CO)C4)ccc3C2)s1. The maximum Gasteiger partial charge on any atom is 0.0809 e. The van der Waals surface area contributed by atoms with Crippen LogP contribution in [0.3, 0.4) is 0 Å². The summed E-state index contributed by atoms with van der Waals surface area (Å²) in [6.45, 7) is 3.91. The van der Waals surface area contributed by atoms with Gasteiger partial charge in [-0.05, 0) is 85.6 Å². The Labute approximate surface area is 172 Å². The standard InChI is InChI=1S/C24H33NO2S/c1-2-22-7-8-23(28-22)15-27-14-17-3-4-19-12-20(6-5-18(19)11-17)21-9-10-24(25,13-21)16-26/h5-8,12,17,21,26H,2-4,9-11,13-16,25H2,1H3/t17?,21-,24+/m0/s1. The van der Waals surface area contributed by atoms with Gasteiger partial charge >= 0.3 is 0 Å². The van der Waals surface area contributed by atoms with Gasteiger partial charge < -0.3 is 15.6 Å². The zero-order valence-corrected chi connectivity index (χ0v) is 17.8. The molecule has 2 aromatic rings. The first kappa shape index (κ1) is 20.1. The van der Waals surface area contributed by atoms with Gasteiger partial charge in [0, 0.05) is 15.3 Å². The predicted molar refractivity (Wildman–Crippen MR) is 116 cm³/mol. The number of nitrogens with two attached hydrogens (primary N) is 1. The minimum Gasteiger partial charge on any atom is -0.394 e. The molecule has 4 heteroatoms. The second kappa shape index (κ2) is 8.66. The molecule has 3 N–H and O–H groups in total. The summed E-state index contributed by atoms with van der Waals surface area (Å²) < 4.78 is 6.05. The van der Waals surface area contributed by atoms with E-state index < -0.39 is 0 Å². The van der Waals surface area contributed by atoms with Gasteiger partial charge in [0.25, 0.3) is 0 Å². The van der Waals surface area contributed by atoms with Gasteiger partial charge in [-0.2, -0.15) is 0 Å². The summed E-state index contributed by atoms with van der Waals surface area (Å²) in [4.78, 5) is 2.78. The zero-order valence-electron chi connectivity index (χ0n) is 17.0. The van der Waals surface area contributed by atoms with E-state index in [0.717, 1.165) is 51.7 Å². The molecule has 1 aromatic carbocycles. The van der Waals surface area contributed by atoms with Gasteiger partial charge in [-0.25, -0.2) is 0 Å². The number of aliphatic hydroxyl groups is 1. The largest absolute Gasteiger partial charge is 0.394 e. The quantitative estimate of drug-likeness (QED) is 0.716. The fourth-order valence-electron chi connectivity index (χ4n) is 4.85. The molecular weight excluding hydrogens is 366 g/mol. The van der Waals surface area contributed by atoms with Crippen LogP contribution in [0.2, 0.25) is 0 Å². The highest BCUT2D eigenvalue weighted by molar-refractivity contribution is 7.11. The lowest BCUT2D eigenvalue weighted by atomic mass is 9.82. The Bertz CT molecular complexity index is 802. The van der Waals surface area contributed by atoms with Crippen LogP contribution in [0.25, 0.3) is 0 Å². The molecule has 0 saturated heterocycles. The number of ether oxygens (including phenoxy) is 1. The van der Waals surface area contributed by atoms with E-state index in [-0.39, 0.29) is 12.1 Å². The Balaban J connectivity index is 1.31. The van der Waals surface area contributed by atoms with Crippen LogP contribution in [-0.4, -0.2) is 23.9 Å². The molecule has 1 saturated carbocycles. The Hall–Kier alpha value is -1.20. The van der Waals surface area contributed by atoms with E-state index in [1.54, 1.807) is 0 Å². The smallest absolute Gasteiger partial charge is 0.0809 e. The molecule has 0 aliphatic heterocycles. The summed E-state index contributed by atoms with van der Waals surface area (Å²) in [5.41, 5.74) is 10.3. The molecule has 1 aromatic heterocycles. The van der Waals surface area contributed by atoms with Gasteiger partial charge in [-0.3, -0.25) is 0 Å². The van der Waals surface area contributed by atoms with Crippen molar-refractivity contribution in [1.29, 1.82) is 0 Å². The topological polar surface area (TPSA) is 55.5 Å². The van der Waals surface area contributed by atoms with E-state index in [1.165, 1.54) is 32.9 Å². The van der Waals surface area contributed by atoms with Gasteiger partial charge in [-0.1, -0.05) is 25.1 Å². The van der Waals surface area contributed by atoms with Crippen LogP contribution in [0, 0.1) is 5.92 Å². The van der Waals surface area contributed by atoms with Crippen molar-refractivity contribution >= 4 is 11.3 Å². The molecule has 2 aliphatic carbocycles. The van der Waals surface area contributed by atoms with Crippen LogP contribution in [0.4, 0.5) is 0 Å². The van der Waals surface area contributed by atoms with Crippen molar-refractivity contribution in [3.63, 3.8) is 0 Å². The van der Waals surface area contributed by atoms with Gasteiger partial charge in [-0.15, -0.1) is 11.3 Å². The van der Waals surface area contributed by atoms with Crippen LogP contribution in [0.5, 0.6) is 0 Å². The number of fused-ring (bicyclic) bond motifs is 1. The van der Waals surface area contributed by atoms with Crippen LogP contribution >= 0.6 is 11.3 Å². The molecule has 1 unspecified atom stereocenters. The lowest BCUT2D eigenvalue weighted by molar-refractivity contribution is 0.0840. The number of aliphatic hydroxyl groups excluding tert-OH is 1. The summed E-state index contributed by atoms with van der Waals surface area (Å²) in [6, 6.07) is 11.5. The van der Waals surface area contributed by atoms with Crippen molar-refractivity contribution in [3.8, 4) is 0 Å². The molecule has 0 radical (unpaired) electrons. The highest BCUT2D eigenvalue weighted by Gasteiger charge is 2.36. The van der Waals surface area contributed by atoms with E-state index in [9.17, 15) is 5.11 Å². The van der Waals surface area contributed by atoms with Crippen LogP contribution in [0.1, 0.15) is 65.0 Å². The van der Waals surface area contributed by atoms with E-state index in [1.807, 2.05) is 11.3 Å². The third-order valence-electron chi connectivity index (χ3n) is 6.65. The summed E-state index contributed by atoms with van der Waals surface area (Å²) in [6.07, 6.45) is 7.52. The Morgan fingerprint density at radius 1 is 1.18 bits per heavy atom. The maximum absolute atomic E-state index is 9.53. The lowest BCUT2D eigenvalue weighted by Gasteiger charge is -2.26. The average molecular weight is 400 g/mol. The fourth-order valence-corrected chi connectivity index (χ4v) is 5.74. The molecule has 0 amide bonds. The second-order valence-electron chi connectivity index (χ2n) is 8.83. The number of hydrogen-bond acceptors (Lipinski definition) is 4. The normalized spacial score (nSPS) is 27.1. The third kappa shape index (κ3) is 4.51. The maximum atomic E-state index is 9.53. The minimum absolute atomic E-state index is 0.0986. The number of thiophene rings is 1. The number of rotatable bonds is 7. The minimum atomic E-state index is -0.372. The highest BCUT2D eigenvalue weighted by atomic mass is 32.1. The summed E-state index contributed by atoms with van der Waals surface area (Å²) in [5, 5.41) is 9.53. The van der Waals surface area contributed by atoms with Crippen molar-refractivity contribution in [2.45, 2.75) is 69.9 Å². The molecule has 152 valence electrons. The monoisotopic (exact) mass is 399 g/mol. The summed E-state index contributed by atoms with van der Waals surface area (Å²) in [5.74, 6) is 1.13. The van der Waals surface area contributed by atoms with Crippen LogP contribution in [-0.2, 0) is 30.6 Å². The van der Waals surface area contributed by atoms with E-state index >= 15 is 0 Å². The fraction of sp³-hybridized carbons (Fsp3) is 0.583. The predicted octanol–water partition coefficient (Wildman–Crippen LogP) is 4.59. The molecule has 28 heavy (non-hydrogen) atoms. The van der Waals surface area contributed by atoms with Crippen molar-refractivity contribution < 1.29 is 9.84 Å². The molecule has 0 spiro atoms. The van der Waals surface area contributed by atoms with Crippen LogP contribution < -0.4 is 5.73 Å². The average Bonchev–Trinajstić information content (AvgIpc) is 3.35. The molecule has 0 bridgehead atoms. The zero-order chi connectivity index (χ0) is 19.6. The summed E-state index contributed by atoms with van der Waals surface area (Å²) >= 11 is 1.87. The van der Waals surface area contributed by atoms with Gasteiger partial charge in [0.15, 0.2) is 0 Å². The molecule has 4 rings (SSSR count). The number of aryl methyl sites for hydroxylation is 2. The van der Waals surface area contributed by atoms with Gasteiger partial charge in [0.2, 0.25) is 0 Å². The van der Waals surface area contributed by atoms with Gasteiger partial charge in [0.05, 0.1) is 19.8 Å².